The van der Waals surface area contributed by atoms with Gasteiger partial charge in [0.2, 0.25) is 0 Å². The molecule has 0 radical (unpaired) electrons. The summed E-state index contributed by atoms with van der Waals surface area (Å²) in [5.41, 5.74) is 0.738. The molecule has 1 aliphatic rings. The lowest BCUT2D eigenvalue weighted by Gasteiger charge is -2.11. The van der Waals surface area contributed by atoms with Crippen LogP contribution in [-0.2, 0) is 6.42 Å². The number of nitrogens with one attached hydrogen (secondary N) is 1. The van der Waals surface area contributed by atoms with E-state index < -0.39 is 6.10 Å². The van der Waals surface area contributed by atoms with Crippen LogP contribution in [0.2, 0.25) is 0 Å². The van der Waals surface area contributed by atoms with E-state index >= 15 is 0 Å². The minimum Gasteiger partial charge on any atom is -0.396 e. The average Bonchev–Trinajstić information content (AvgIpc) is 2.96. The zero-order chi connectivity index (χ0) is 13.8. The van der Waals surface area contributed by atoms with E-state index in [-0.39, 0.29) is 24.5 Å². The monoisotopic (exact) mass is 285 g/mol. The second kappa shape index (κ2) is 6.40. The van der Waals surface area contributed by atoms with Crippen LogP contribution in [0.3, 0.4) is 0 Å². The lowest BCUT2D eigenvalue weighted by Crippen LogP contribution is -2.33. The first kappa shape index (κ1) is 14.4. The van der Waals surface area contributed by atoms with Gasteiger partial charge in [0.25, 0.3) is 5.91 Å². The Balaban J connectivity index is 1.96. The SMILES string of the molecule is CCCc1nnsc1C(=O)N[C@H]1C[C@@H](CO)[C@H](O)C1. The summed E-state index contributed by atoms with van der Waals surface area (Å²) in [6.07, 6.45) is 2.22. The predicted molar refractivity (Wildman–Crippen MR) is 71.0 cm³/mol. The molecule has 1 heterocycles. The summed E-state index contributed by atoms with van der Waals surface area (Å²) in [4.78, 5) is 12.7. The van der Waals surface area contributed by atoms with Crippen molar-refractivity contribution in [2.24, 2.45) is 5.92 Å². The van der Waals surface area contributed by atoms with Crippen LogP contribution in [0.15, 0.2) is 0 Å². The van der Waals surface area contributed by atoms with Crippen LogP contribution in [0.1, 0.15) is 41.6 Å². The smallest absolute Gasteiger partial charge is 0.265 e. The summed E-state index contributed by atoms with van der Waals surface area (Å²) < 4.78 is 3.82. The molecule has 0 saturated heterocycles. The molecule has 1 aromatic heterocycles. The van der Waals surface area contributed by atoms with Crippen molar-refractivity contribution in [3.8, 4) is 0 Å². The zero-order valence-corrected chi connectivity index (χ0v) is 11.7. The summed E-state index contributed by atoms with van der Waals surface area (Å²) in [7, 11) is 0. The Bertz CT molecular complexity index is 438. The van der Waals surface area contributed by atoms with Crippen LogP contribution >= 0.6 is 11.5 Å². The molecule has 1 amide bonds. The molecular weight excluding hydrogens is 266 g/mol. The van der Waals surface area contributed by atoms with Crippen LogP contribution in [-0.4, -0.2) is 44.5 Å². The molecule has 0 aliphatic heterocycles. The van der Waals surface area contributed by atoms with E-state index in [0.717, 1.165) is 30.1 Å². The standard InChI is InChI=1S/C12H19N3O3S/c1-2-3-9-11(19-15-14-9)12(18)13-8-4-7(6-16)10(17)5-8/h7-8,10,16-17H,2-6H2,1H3,(H,13,18)/t7-,8-,10+/m0/s1. The molecule has 1 aromatic rings. The Hall–Kier alpha value is -1.05. The van der Waals surface area contributed by atoms with E-state index in [1.807, 2.05) is 6.92 Å². The maximum atomic E-state index is 12.1. The number of amides is 1. The number of aromatic nitrogens is 2. The number of carbonyl (C=O) groups is 1. The van der Waals surface area contributed by atoms with Crippen LogP contribution in [0.4, 0.5) is 0 Å². The molecule has 1 fully saturated rings. The Labute approximate surface area is 116 Å². The maximum absolute atomic E-state index is 12.1. The van der Waals surface area contributed by atoms with Crippen LogP contribution in [0.25, 0.3) is 0 Å². The number of aryl methyl sites for hydroxylation is 1. The zero-order valence-electron chi connectivity index (χ0n) is 10.9. The van der Waals surface area contributed by atoms with Gasteiger partial charge in [-0.3, -0.25) is 4.79 Å². The van der Waals surface area contributed by atoms with E-state index in [1.54, 1.807) is 0 Å². The number of aliphatic hydroxyl groups excluding tert-OH is 2. The summed E-state index contributed by atoms with van der Waals surface area (Å²) in [5.74, 6) is -0.311. The van der Waals surface area contributed by atoms with Gasteiger partial charge in [-0.15, -0.1) is 5.10 Å². The van der Waals surface area contributed by atoms with Gasteiger partial charge in [0.1, 0.15) is 4.88 Å². The molecule has 2 rings (SSSR count). The van der Waals surface area contributed by atoms with Crippen LogP contribution < -0.4 is 5.32 Å². The molecule has 1 aliphatic carbocycles. The number of carbonyl (C=O) groups excluding carboxylic acids is 1. The highest BCUT2D eigenvalue weighted by Crippen LogP contribution is 2.26. The van der Waals surface area contributed by atoms with Gasteiger partial charge in [-0.1, -0.05) is 17.8 Å². The van der Waals surface area contributed by atoms with Crippen molar-refractivity contribution in [2.75, 3.05) is 6.61 Å². The fraction of sp³-hybridized carbons (Fsp3) is 0.750. The Morgan fingerprint density at radius 3 is 2.95 bits per heavy atom. The van der Waals surface area contributed by atoms with Gasteiger partial charge in [-0.25, -0.2) is 0 Å². The fourth-order valence-electron chi connectivity index (χ4n) is 2.45. The van der Waals surface area contributed by atoms with Gasteiger partial charge >= 0.3 is 0 Å². The first-order chi connectivity index (χ1) is 9.15. The lowest BCUT2D eigenvalue weighted by atomic mass is 10.1. The van der Waals surface area contributed by atoms with Gasteiger partial charge in [0.05, 0.1) is 11.8 Å². The molecule has 0 bridgehead atoms. The van der Waals surface area contributed by atoms with Gasteiger partial charge < -0.3 is 15.5 Å². The molecule has 19 heavy (non-hydrogen) atoms. The van der Waals surface area contributed by atoms with Crippen molar-refractivity contribution < 1.29 is 15.0 Å². The highest BCUT2D eigenvalue weighted by Gasteiger charge is 2.33. The van der Waals surface area contributed by atoms with E-state index in [9.17, 15) is 9.90 Å². The van der Waals surface area contributed by atoms with Gasteiger partial charge in [0, 0.05) is 18.6 Å². The average molecular weight is 285 g/mol. The number of nitrogens with zero attached hydrogens (tertiary/aromatic N) is 2. The van der Waals surface area contributed by atoms with Crippen molar-refractivity contribution in [1.82, 2.24) is 14.9 Å². The maximum Gasteiger partial charge on any atom is 0.265 e. The Morgan fingerprint density at radius 2 is 2.32 bits per heavy atom. The molecule has 6 nitrogen and oxygen atoms in total. The molecule has 106 valence electrons. The topological polar surface area (TPSA) is 95.3 Å². The minimum atomic E-state index is -0.537. The highest BCUT2D eigenvalue weighted by molar-refractivity contribution is 7.08. The molecular formula is C12H19N3O3S. The molecule has 3 atom stereocenters. The molecule has 0 aromatic carbocycles. The highest BCUT2D eigenvalue weighted by atomic mass is 32.1. The van der Waals surface area contributed by atoms with E-state index in [2.05, 4.69) is 14.9 Å². The fourth-order valence-corrected chi connectivity index (χ4v) is 3.06. The first-order valence-electron chi connectivity index (χ1n) is 6.56. The van der Waals surface area contributed by atoms with Gasteiger partial charge in [-0.05, 0) is 30.8 Å². The summed E-state index contributed by atoms with van der Waals surface area (Å²) in [6, 6.07) is -0.0868. The van der Waals surface area contributed by atoms with Crippen LogP contribution in [0.5, 0.6) is 0 Å². The lowest BCUT2D eigenvalue weighted by molar-refractivity contribution is 0.0904. The minimum absolute atomic E-state index is 0.0449. The number of hydrogen-bond donors (Lipinski definition) is 3. The van der Waals surface area contributed by atoms with Crippen molar-refractivity contribution >= 4 is 17.4 Å². The van der Waals surface area contributed by atoms with Crippen molar-refractivity contribution in [3.05, 3.63) is 10.6 Å². The predicted octanol–water partition coefficient (Wildman–Crippen LogP) is 0.352. The molecule has 3 N–H and O–H groups in total. The largest absolute Gasteiger partial charge is 0.396 e. The second-order valence-electron chi connectivity index (χ2n) is 4.95. The summed E-state index contributed by atoms with van der Waals surface area (Å²) >= 11 is 1.10. The van der Waals surface area contributed by atoms with Crippen LogP contribution in [0, 0.1) is 5.92 Å². The van der Waals surface area contributed by atoms with Gasteiger partial charge in [-0.2, -0.15) is 0 Å². The molecule has 1 saturated carbocycles. The summed E-state index contributed by atoms with van der Waals surface area (Å²) in [6.45, 7) is 1.98. The second-order valence-corrected chi connectivity index (χ2v) is 5.70. The summed E-state index contributed by atoms with van der Waals surface area (Å²) in [5, 5.41) is 25.7. The molecule has 0 unspecified atom stereocenters. The third-order valence-electron chi connectivity index (χ3n) is 3.48. The third-order valence-corrected chi connectivity index (χ3v) is 4.24. The van der Waals surface area contributed by atoms with Crippen molar-refractivity contribution in [3.63, 3.8) is 0 Å². The quantitative estimate of drug-likeness (QED) is 0.725. The Kier molecular flexibility index (Phi) is 4.84. The normalized spacial score (nSPS) is 26.6. The third kappa shape index (κ3) is 3.29. The van der Waals surface area contributed by atoms with Crippen molar-refractivity contribution in [2.45, 2.75) is 44.8 Å². The van der Waals surface area contributed by atoms with E-state index in [4.69, 9.17) is 5.11 Å². The number of aliphatic hydroxyl groups is 2. The number of rotatable bonds is 5. The van der Waals surface area contributed by atoms with Crippen molar-refractivity contribution in [1.29, 1.82) is 0 Å². The van der Waals surface area contributed by atoms with E-state index in [0.29, 0.717) is 17.7 Å². The number of hydrogen-bond acceptors (Lipinski definition) is 6. The molecule has 7 heteroatoms. The Morgan fingerprint density at radius 1 is 1.53 bits per heavy atom. The first-order valence-corrected chi connectivity index (χ1v) is 7.34. The van der Waals surface area contributed by atoms with Gasteiger partial charge in [0.15, 0.2) is 0 Å². The van der Waals surface area contributed by atoms with E-state index in [1.165, 1.54) is 0 Å². The molecule has 0 spiro atoms.